The summed E-state index contributed by atoms with van der Waals surface area (Å²) in [7, 11) is 0. The third-order valence-corrected chi connectivity index (χ3v) is 4.96. The molecule has 1 saturated carbocycles. The van der Waals surface area contributed by atoms with E-state index in [9.17, 15) is 14.0 Å². The number of nitrogens with zero attached hydrogens (tertiary/aromatic N) is 4. The third-order valence-electron chi connectivity index (χ3n) is 4.96. The lowest BCUT2D eigenvalue weighted by Crippen LogP contribution is -2.50. The highest BCUT2D eigenvalue weighted by molar-refractivity contribution is 5.99. The van der Waals surface area contributed by atoms with Crippen LogP contribution in [0.15, 0.2) is 42.7 Å². The number of benzene rings is 1. The van der Waals surface area contributed by atoms with Crippen LogP contribution < -0.4 is 10.2 Å². The first kappa shape index (κ1) is 17.4. The maximum absolute atomic E-state index is 13.2. The molecule has 1 aliphatic heterocycles. The van der Waals surface area contributed by atoms with E-state index in [0.717, 1.165) is 0 Å². The summed E-state index contributed by atoms with van der Waals surface area (Å²) in [6.07, 6.45) is 3.94. The Hall–Kier alpha value is -3.03. The molecule has 140 valence electrons. The number of hydrogen-bond donors (Lipinski definition) is 1. The second-order valence-corrected chi connectivity index (χ2v) is 6.81. The highest BCUT2D eigenvalue weighted by atomic mass is 19.1. The highest BCUT2D eigenvalue weighted by Gasteiger charge is 2.49. The Morgan fingerprint density at radius 1 is 1.04 bits per heavy atom. The fourth-order valence-electron chi connectivity index (χ4n) is 3.37. The molecule has 2 atom stereocenters. The summed E-state index contributed by atoms with van der Waals surface area (Å²) in [6, 6.07) is 7.52. The van der Waals surface area contributed by atoms with Gasteiger partial charge in [-0.2, -0.15) is 0 Å². The van der Waals surface area contributed by atoms with Gasteiger partial charge in [-0.05, 0) is 30.7 Å². The van der Waals surface area contributed by atoms with Crippen molar-refractivity contribution in [2.45, 2.75) is 6.42 Å². The fraction of sp³-hybridized carbons (Fsp3) is 0.368. The number of anilines is 2. The first-order chi connectivity index (χ1) is 13.1. The van der Waals surface area contributed by atoms with E-state index in [2.05, 4.69) is 15.3 Å². The summed E-state index contributed by atoms with van der Waals surface area (Å²) in [5.74, 6) is -0.563. The molecule has 1 aromatic heterocycles. The molecule has 27 heavy (non-hydrogen) atoms. The molecular formula is C19H20FN5O2. The van der Waals surface area contributed by atoms with Crippen molar-refractivity contribution in [1.82, 2.24) is 14.9 Å². The second kappa shape index (κ2) is 7.30. The van der Waals surface area contributed by atoms with Crippen LogP contribution in [-0.4, -0.2) is 52.9 Å². The number of halogens is 1. The number of hydrogen-bond acceptors (Lipinski definition) is 5. The van der Waals surface area contributed by atoms with Crippen molar-refractivity contribution in [3.8, 4) is 0 Å². The van der Waals surface area contributed by atoms with E-state index in [1.807, 2.05) is 4.90 Å². The van der Waals surface area contributed by atoms with E-state index in [0.29, 0.717) is 44.2 Å². The quantitative estimate of drug-likeness (QED) is 0.885. The molecule has 8 heteroatoms. The first-order valence-corrected chi connectivity index (χ1v) is 8.99. The normalized spacial score (nSPS) is 21.7. The van der Waals surface area contributed by atoms with Gasteiger partial charge in [0.1, 0.15) is 5.82 Å². The second-order valence-electron chi connectivity index (χ2n) is 6.81. The number of carbonyl (C=O) groups excluding carboxylic acids is 2. The molecular weight excluding hydrogens is 349 g/mol. The van der Waals surface area contributed by atoms with Crippen LogP contribution in [0.4, 0.5) is 16.0 Å². The van der Waals surface area contributed by atoms with E-state index in [-0.39, 0.29) is 23.7 Å². The summed E-state index contributed by atoms with van der Waals surface area (Å²) >= 11 is 0. The molecule has 0 bridgehead atoms. The molecule has 2 amide bonds. The van der Waals surface area contributed by atoms with Crippen LogP contribution in [0.1, 0.15) is 6.42 Å². The molecule has 2 unspecified atom stereocenters. The first-order valence-electron chi connectivity index (χ1n) is 8.99. The van der Waals surface area contributed by atoms with Gasteiger partial charge in [0.2, 0.25) is 17.8 Å². The van der Waals surface area contributed by atoms with Gasteiger partial charge in [0.15, 0.2) is 0 Å². The molecule has 2 fully saturated rings. The molecule has 7 nitrogen and oxygen atoms in total. The van der Waals surface area contributed by atoms with Gasteiger partial charge in [-0.25, -0.2) is 14.4 Å². The van der Waals surface area contributed by atoms with Crippen LogP contribution in [0.25, 0.3) is 0 Å². The summed E-state index contributed by atoms with van der Waals surface area (Å²) in [5.41, 5.74) is 0.412. The standard InChI is InChI=1S/C19H20FN5O2/c20-13-3-1-4-14(11-13)23-17(26)15-12-16(15)18(27)24-7-9-25(10-8-24)19-21-5-2-6-22-19/h1-6,11,15-16H,7-10,12H2,(H,23,26). The minimum atomic E-state index is -0.406. The van der Waals surface area contributed by atoms with Gasteiger partial charge in [0, 0.05) is 44.3 Å². The van der Waals surface area contributed by atoms with Gasteiger partial charge in [-0.15, -0.1) is 0 Å². The van der Waals surface area contributed by atoms with E-state index in [1.54, 1.807) is 29.4 Å². The van der Waals surface area contributed by atoms with Crippen molar-refractivity contribution in [2.24, 2.45) is 11.8 Å². The number of piperazine rings is 1. The van der Waals surface area contributed by atoms with Crippen LogP contribution in [0, 0.1) is 17.7 Å². The lowest BCUT2D eigenvalue weighted by molar-refractivity contribution is -0.134. The Bertz CT molecular complexity index is 839. The van der Waals surface area contributed by atoms with E-state index in [1.165, 1.54) is 18.2 Å². The third kappa shape index (κ3) is 3.89. The minimum absolute atomic E-state index is 0.0167. The molecule has 1 saturated heterocycles. The molecule has 2 aromatic rings. The van der Waals surface area contributed by atoms with Gasteiger partial charge < -0.3 is 15.1 Å². The summed E-state index contributed by atoms with van der Waals surface area (Å²) in [6.45, 7) is 2.52. The summed E-state index contributed by atoms with van der Waals surface area (Å²) < 4.78 is 13.2. The van der Waals surface area contributed by atoms with Crippen LogP contribution in [0.2, 0.25) is 0 Å². The highest BCUT2D eigenvalue weighted by Crippen LogP contribution is 2.41. The smallest absolute Gasteiger partial charge is 0.228 e. The molecule has 0 spiro atoms. The molecule has 4 rings (SSSR count). The van der Waals surface area contributed by atoms with Gasteiger partial charge in [0.05, 0.1) is 11.8 Å². The SMILES string of the molecule is O=C(Nc1cccc(F)c1)C1CC1C(=O)N1CCN(c2ncccn2)CC1. The topological polar surface area (TPSA) is 78.4 Å². The molecule has 1 aliphatic carbocycles. The van der Waals surface area contributed by atoms with Crippen LogP contribution >= 0.6 is 0 Å². The van der Waals surface area contributed by atoms with Gasteiger partial charge >= 0.3 is 0 Å². The molecule has 1 aromatic carbocycles. The Morgan fingerprint density at radius 2 is 1.78 bits per heavy atom. The van der Waals surface area contributed by atoms with Crippen molar-refractivity contribution in [3.05, 3.63) is 48.5 Å². The maximum Gasteiger partial charge on any atom is 0.228 e. The van der Waals surface area contributed by atoms with E-state index < -0.39 is 5.82 Å². The Balaban J connectivity index is 1.28. The van der Waals surface area contributed by atoms with E-state index in [4.69, 9.17) is 0 Å². The fourth-order valence-corrected chi connectivity index (χ4v) is 3.37. The molecule has 2 heterocycles. The predicted molar refractivity (Wildman–Crippen MR) is 97.5 cm³/mol. The number of rotatable bonds is 4. The number of amides is 2. The van der Waals surface area contributed by atoms with Gasteiger partial charge in [-0.1, -0.05) is 6.07 Å². The van der Waals surface area contributed by atoms with Crippen molar-refractivity contribution < 1.29 is 14.0 Å². The van der Waals surface area contributed by atoms with Crippen molar-refractivity contribution in [1.29, 1.82) is 0 Å². The van der Waals surface area contributed by atoms with E-state index >= 15 is 0 Å². The van der Waals surface area contributed by atoms with Crippen molar-refractivity contribution in [2.75, 3.05) is 36.4 Å². The van der Waals surface area contributed by atoms with Crippen LogP contribution in [-0.2, 0) is 9.59 Å². The number of nitrogens with one attached hydrogen (secondary N) is 1. The van der Waals surface area contributed by atoms with Crippen molar-refractivity contribution in [3.63, 3.8) is 0 Å². The summed E-state index contributed by atoms with van der Waals surface area (Å²) in [5, 5.41) is 2.69. The molecule has 2 aliphatic rings. The Morgan fingerprint density at radius 3 is 2.48 bits per heavy atom. The average Bonchev–Trinajstić information content (AvgIpc) is 3.49. The zero-order valence-corrected chi connectivity index (χ0v) is 14.7. The molecule has 0 radical (unpaired) electrons. The zero-order chi connectivity index (χ0) is 18.8. The maximum atomic E-state index is 13.2. The predicted octanol–water partition coefficient (Wildman–Crippen LogP) is 1.54. The lowest BCUT2D eigenvalue weighted by atomic mass is 10.2. The Labute approximate surface area is 156 Å². The van der Waals surface area contributed by atoms with Crippen LogP contribution in [0.5, 0.6) is 0 Å². The van der Waals surface area contributed by atoms with Gasteiger partial charge in [0.25, 0.3) is 0 Å². The minimum Gasteiger partial charge on any atom is -0.339 e. The molecule has 1 N–H and O–H groups in total. The zero-order valence-electron chi connectivity index (χ0n) is 14.7. The summed E-state index contributed by atoms with van der Waals surface area (Å²) in [4.78, 5) is 37.3. The number of aromatic nitrogens is 2. The largest absolute Gasteiger partial charge is 0.339 e. The Kier molecular flexibility index (Phi) is 4.70. The van der Waals surface area contributed by atoms with Crippen LogP contribution in [0.3, 0.4) is 0 Å². The average molecular weight is 369 g/mol. The monoisotopic (exact) mass is 369 g/mol. The lowest BCUT2D eigenvalue weighted by Gasteiger charge is -2.34. The van der Waals surface area contributed by atoms with Crippen molar-refractivity contribution >= 4 is 23.5 Å². The van der Waals surface area contributed by atoms with Gasteiger partial charge in [-0.3, -0.25) is 9.59 Å². The number of carbonyl (C=O) groups is 2.